The quantitative estimate of drug-likeness (QED) is 0.857. The Balaban J connectivity index is 1.72. The number of ether oxygens (including phenoxy) is 2. The highest BCUT2D eigenvalue weighted by molar-refractivity contribution is 5.91. The van der Waals surface area contributed by atoms with Crippen LogP contribution in [0, 0.1) is 5.92 Å². The molecule has 3 aliphatic rings. The van der Waals surface area contributed by atoms with E-state index in [-0.39, 0.29) is 17.1 Å². The van der Waals surface area contributed by atoms with E-state index < -0.39 is 0 Å². The van der Waals surface area contributed by atoms with Crippen LogP contribution in [-0.4, -0.2) is 43.3 Å². The largest absolute Gasteiger partial charge is 0.378 e. The molecule has 4 nitrogen and oxygen atoms in total. The number of hydrogen-bond acceptors (Lipinski definition) is 4. The van der Waals surface area contributed by atoms with Crippen LogP contribution in [0.15, 0.2) is 0 Å². The van der Waals surface area contributed by atoms with Crippen LogP contribution in [0.5, 0.6) is 0 Å². The monoisotopic (exact) mass is 281 g/mol. The fraction of sp³-hybridized carbons (Fsp3) is 0.938. The van der Waals surface area contributed by atoms with Gasteiger partial charge in [0.15, 0.2) is 5.78 Å². The van der Waals surface area contributed by atoms with Crippen LogP contribution >= 0.6 is 0 Å². The van der Waals surface area contributed by atoms with Crippen molar-refractivity contribution in [2.24, 2.45) is 5.92 Å². The Bertz CT molecular complexity index is 357. The van der Waals surface area contributed by atoms with Crippen molar-refractivity contribution in [3.05, 3.63) is 0 Å². The summed E-state index contributed by atoms with van der Waals surface area (Å²) in [4.78, 5) is 13.1. The van der Waals surface area contributed by atoms with Gasteiger partial charge in [-0.2, -0.15) is 0 Å². The second kappa shape index (κ2) is 5.74. The van der Waals surface area contributed by atoms with Crippen molar-refractivity contribution in [1.29, 1.82) is 0 Å². The Hall–Kier alpha value is -0.450. The highest BCUT2D eigenvalue weighted by Crippen LogP contribution is 2.39. The summed E-state index contributed by atoms with van der Waals surface area (Å²) in [6.07, 6.45) is 6.88. The second-order valence-electron chi connectivity index (χ2n) is 6.75. The van der Waals surface area contributed by atoms with Crippen molar-refractivity contribution < 1.29 is 14.3 Å². The lowest BCUT2D eigenvalue weighted by atomic mass is 9.74. The molecule has 0 aliphatic carbocycles. The predicted molar refractivity (Wildman–Crippen MR) is 76.7 cm³/mol. The van der Waals surface area contributed by atoms with E-state index in [1.165, 1.54) is 0 Å². The summed E-state index contributed by atoms with van der Waals surface area (Å²) in [5, 5.41) is 3.53. The van der Waals surface area contributed by atoms with Crippen molar-refractivity contribution >= 4 is 5.78 Å². The maximum absolute atomic E-state index is 13.1. The van der Waals surface area contributed by atoms with Crippen molar-refractivity contribution in [3.8, 4) is 0 Å². The number of carbonyl (C=O) groups is 1. The minimum absolute atomic E-state index is 0.155. The van der Waals surface area contributed by atoms with Crippen molar-refractivity contribution in [3.63, 3.8) is 0 Å². The van der Waals surface area contributed by atoms with Crippen molar-refractivity contribution in [1.82, 2.24) is 5.32 Å². The maximum Gasteiger partial charge on any atom is 0.156 e. The molecule has 0 radical (unpaired) electrons. The van der Waals surface area contributed by atoms with E-state index in [1.807, 2.05) is 0 Å². The zero-order chi connectivity index (χ0) is 14.1. The molecule has 0 aromatic heterocycles. The Morgan fingerprint density at radius 1 is 1.35 bits per heavy atom. The van der Waals surface area contributed by atoms with Crippen LogP contribution < -0.4 is 5.32 Å². The van der Waals surface area contributed by atoms with E-state index in [9.17, 15) is 4.79 Å². The van der Waals surface area contributed by atoms with Crippen LogP contribution in [0.25, 0.3) is 0 Å². The molecule has 0 aromatic rings. The first-order valence-electron chi connectivity index (χ1n) is 8.21. The number of carbonyl (C=O) groups excluding carboxylic acids is 1. The lowest BCUT2D eigenvalue weighted by molar-refractivity contribution is -0.143. The standard InChI is InChI=1S/C16H27NO3/c1-2-5-16(6-3-8-17-16)14(18)13-4-9-20-15(11-13)7-10-19-12-15/h13,17H,2-12H2,1H3. The minimum atomic E-state index is -0.239. The van der Waals surface area contributed by atoms with Crippen LogP contribution in [0.3, 0.4) is 0 Å². The SMILES string of the molecule is CCCC1(C(=O)C2CCOC3(CCOC3)C2)CCCN1. The number of ketones is 1. The van der Waals surface area contributed by atoms with E-state index in [2.05, 4.69) is 12.2 Å². The molecule has 3 rings (SSSR count). The topological polar surface area (TPSA) is 47.6 Å². The molecule has 3 aliphatic heterocycles. The molecule has 20 heavy (non-hydrogen) atoms. The predicted octanol–water partition coefficient (Wildman–Crippen LogP) is 2.06. The van der Waals surface area contributed by atoms with Crippen LogP contribution in [-0.2, 0) is 14.3 Å². The fourth-order valence-electron chi connectivity index (χ4n) is 4.29. The van der Waals surface area contributed by atoms with E-state index in [0.29, 0.717) is 19.0 Å². The Labute approximate surface area is 121 Å². The van der Waals surface area contributed by atoms with Crippen LogP contribution in [0.4, 0.5) is 0 Å². The molecule has 1 N–H and O–H groups in total. The van der Waals surface area contributed by atoms with E-state index in [1.54, 1.807) is 0 Å². The summed E-state index contributed by atoms with van der Waals surface area (Å²) in [5.74, 6) is 0.606. The molecular weight excluding hydrogens is 254 g/mol. The summed E-state index contributed by atoms with van der Waals surface area (Å²) < 4.78 is 11.5. The van der Waals surface area contributed by atoms with E-state index >= 15 is 0 Å². The van der Waals surface area contributed by atoms with Gasteiger partial charge in [0.05, 0.1) is 17.7 Å². The van der Waals surface area contributed by atoms with Crippen molar-refractivity contribution in [2.75, 3.05) is 26.4 Å². The number of hydrogen-bond donors (Lipinski definition) is 1. The van der Waals surface area contributed by atoms with Gasteiger partial charge >= 0.3 is 0 Å². The first kappa shape index (κ1) is 14.5. The molecule has 0 saturated carbocycles. The van der Waals surface area contributed by atoms with Gasteiger partial charge in [-0.25, -0.2) is 0 Å². The molecule has 4 heteroatoms. The molecule has 3 heterocycles. The van der Waals surface area contributed by atoms with Gasteiger partial charge in [0.1, 0.15) is 0 Å². The summed E-state index contributed by atoms with van der Waals surface area (Å²) in [5.41, 5.74) is -0.401. The van der Waals surface area contributed by atoms with Crippen LogP contribution in [0.1, 0.15) is 51.9 Å². The van der Waals surface area contributed by atoms with Gasteiger partial charge in [0, 0.05) is 25.6 Å². The number of nitrogens with one attached hydrogen (secondary N) is 1. The molecule has 0 amide bonds. The zero-order valence-electron chi connectivity index (χ0n) is 12.6. The van der Waals surface area contributed by atoms with E-state index in [0.717, 1.165) is 58.1 Å². The Kier molecular flexibility index (Phi) is 4.16. The lowest BCUT2D eigenvalue weighted by Gasteiger charge is -2.40. The van der Waals surface area contributed by atoms with Gasteiger partial charge in [0.25, 0.3) is 0 Å². The molecule has 0 aromatic carbocycles. The minimum Gasteiger partial charge on any atom is -0.378 e. The van der Waals surface area contributed by atoms with Gasteiger partial charge in [0.2, 0.25) is 0 Å². The first-order valence-corrected chi connectivity index (χ1v) is 8.21. The average Bonchev–Trinajstić information content (AvgIpc) is 3.10. The number of rotatable bonds is 4. The van der Waals surface area contributed by atoms with E-state index in [4.69, 9.17) is 9.47 Å². The normalized spacial score (nSPS) is 41.4. The highest BCUT2D eigenvalue weighted by Gasteiger charge is 2.48. The zero-order valence-corrected chi connectivity index (χ0v) is 12.6. The molecule has 0 bridgehead atoms. The molecule has 114 valence electrons. The van der Waals surface area contributed by atoms with Gasteiger partial charge in [-0.05, 0) is 38.6 Å². The van der Waals surface area contributed by atoms with Gasteiger partial charge in [-0.3, -0.25) is 4.79 Å². The van der Waals surface area contributed by atoms with Gasteiger partial charge in [-0.15, -0.1) is 0 Å². The molecule has 3 fully saturated rings. The Morgan fingerprint density at radius 3 is 2.90 bits per heavy atom. The molecular formula is C16H27NO3. The molecule has 3 atom stereocenters. The first-order chi connectivity index (χ1) is 9.70. The summed E-state index contributed by atoms with van der Waals surface area (Å²) in [7, 11) is 0. The third-order valence-electron chi connectivity index (χ3n) is 5.32. The third-order valence-corrected chi connectivity index (χ3v) is 5.32. The maximum atomic E-state index is 13.1. The molecule has 3 unspecified atom stereocenters. The molecule has 3 saturated heterocycles. The third kappa shape index (κ3) is 2.53. The van der Waals surface area contributed by atoms with Gasteiger partial charge < -0.3 is 14.8 Å². The molecule has 1 spiro atoms. The van der Waals surface area contributed by atoms with Gasteiger partial charge in [-0.1, -0.05) is 13.3 Å². The second-order valence-corrected chi connectivity index (χ2v) is 6.75. The average molecular weight is 281 g/mol. The number of Topliss-reactive ketones (excluding diaryl/α,β-unsaturated/α-hetero) is 1. The fourth-order valence-corrected chi connectivity index (χ4v) is 4.29. The summed E-state index contributed by atoms with van der Waals surface area (Å²) >= 11 is 0. The smallest absolute Gasteiger partial charge is 0.156 e. The summed E-state index contributed by atoms with van der Waals surface area (Å²) in [6.45, 7) is 5.32. The lowest BCUT2D eigenvalue weighted by Crippen LogP contribution is -2.53. The Morgan fingerprint density at radius 2 is 2.25 bits per heavy atom. The highest BCUT2D eigenvalue weighted by atomic mass is 16.6. The van der Waals surface area contributed by atoms with Crippen LogP contribution in [0.2, 0.25) is 0 Å². The van der Waals surface area contributed by atoms with Crippen molar-refractivity contribution in [2.45, 2.75) is 63.0 Å². The summed E-state index contributed by atoms with van der Waals surface area (Å²) in [6, 6.07) is 0.